The number of esters is 1. The molecule has 6 nitrogen and oxygen atoms in total. The smallest absolute Gasteiger partial charge is 0.319 e. The maximum atomic E-state index is 13.3. The van der Waals surface area contributed by atoms with Crippen LogP contribution in [0.4, 0.5) is 10.1 Å². The van der Waals surface area contributed by atoms with Gasteiger partial charge in [-0.05, 0) is 51.0 Å². The van der Waals surface area contributed by atoms with Gasteiger partial charge in [-0.2, -0.15) is 0 Å². The Kier molecular flexibility index (Phi) is 7.68. The Morgan fingerprint density at radius 3 is 2.35 bits per heavy atom. The predicted octanol–water partition coefficient (Wildman–Crippen LogP) is 3.76. The number of ether oxygens (including phenoxy) is 1. The minimum absolute atomic E-state index is 0.0552. The molecule has 1 aliphatic carbocycles. The maximum absolute atomic E-state index is 13.3. The molecule has 0 radical (unpaired) electrons. The molecule has 164 valence electrons. The quantitative estimate of drug-likeness (QED) is 0.576. The van der Waals surface area contributed by atoms with Crippen molar-refractivity contribution in [1.82, 2.24) is 5.32 Å². The SMILES string of the molecule is Cc1ccc(NC(=O)CSC(C)C(=O)OC(C(=O)NC2CC2)c2ccc(F)cc2)cc1. The average molecular weight is 445 g/mol. The third-order valence-corrected chi connectivity index (χ3v) is 5.82. The molecule has 2 aromatic carbocycles. The molecule has 3 rings (SSSR count). The van der Waals surface area contributed by atoms with E-state index in [-0.39, 0.29) is 17.7 Å². The molecule has 0 heterocycles. The first kappa shape index (κ1) is 22.8. The highest BCUT2D eigenvalue weighted by atomic mass is 32.2. The summed E-state index contributed by atoms with van der Waals surface area (Å²) in [7, 11) is 0. The summed E-state index contributed by atoms with van der Waals surface area (Å²) in [5, 5.41) is 4.92. The lowest BCUT2D eigenvalue weighted by Crippen LogP contribution is -2.35. The standard InChI is InChI=1S/C23H25FN2O4S/c1-14-3-9-18(10-4-14)25-20(27)13-31-15(2)23(29)30-21(22(28)26-19-11-12-19)16-5-7-17(24)8-6-16/h3-10,15,19,21H,11-13H2,1-2H3,(H,25,27)(H,26,28). The molecule has 2 atom stereocenters. The monoisotopic (exact) mass is 444 g/mol. The third-order valence-electron chi connectivity index (χ3n) is 4.70. The summed E-state index contributed by atoms with van der Waals surface area (Å²) in [6.45, 7) is 3.57. The Labute approximate surface area is 184 Å². The number of carbonyl (C=O) groups excluding carboxylic acids is 3. The molecule has 1 saturated carbocycles. The number of benzene rings is 2. The lowest BCUT2D eigenvalue weighted by Gasteiger charge is -2.20. The van der Waals surface area contributed by atoms with Crippen molar-refractivity contribution in [3.63, 3.8) is 0 Å². The molecule has 1 fully saturated rings. The van der Waals surface area contributed by atoms with Crippen molar-refractivity contribution in [3.8, 4) is 0 Å². The van der Waals surface area contributed by atoms with Gasteiger partial charge in [0.25, 0.3) is 5.91 Å². The van der Waals surface area contributed by atoms with Crippen molar-refractivity contribution >= 4 is 35.2 Å². The highest BCUT2D eigenvalue weighted by Gasteiger charge is 2.32. The molecule has 8 heteroatoms. The Hall–Kier alpha value is -2.87. The number of thioether (sulfide) groups is 1. The van der Waals surface area contributed by atoms with Gasteiger partial charge in [-0.25, -0.2) is 4.39 Å². The highest BCUT2D eigenvalue weighted by Crippen LogP contribution is 2.25. The van der Waals surface area contributed by atoms with Crippen LogP contribution < -0.4 is 10.6 Å². The van der Waals surface area contributed by atoms with Crippen LogP contribution in [0.15, 0.2) is 48.5 Å². The largest absolute Gasteiger partial charge is 0.446 e. The minimum Gasteiger partial charge on any atom is -0.446 e. The summed E-state index contributed by atoms with van der Waals surface area (Å²) < 4.78 is 18.7. The maximum Gasteiger partial charge on any atom is 0.319 e. The van der Waals surface area contributed by atoms with Gasteiger partial charge >= 0.3 is 5.97 Å². The summed E-state index contributed by atoms with van der Waals surface area (Å²) in [6, 6.07) is 12.8. The Balaban J connectivity index is 1.55. The van der Waals surface area contributed by atoms with Crippen LogP contribution in [0.2, 0.25) is 0 Å². The number of hydrogen-bond donors (Lipinski definition) is 2. The lowest BCUT2D eigenvalue weighted by atomic mass is 10.1. The molecule has 1 aliphatic rings. The summed E-state index contributed by atoms with van der Waals surface area (Å²) in [4.78, 5) is 37.3. The fourth-order valence-corrected chi connectivity index (χ4v) is 3.39. The Bertz CT molecular complexity index is 930. The van der Waals surface area contributed by atoms with E-state index in [1.165, 1.54) is 24.3 Å². The topological polar surface area (TPSA) is 84.5 Å². The van der Waals surface area contributed by atoms with E-state index in [0.29, 0.717) is 11.3 Å². The van der Waals surface area contributed by atoms with E-state index in [2.05, 4.69) is 10.6 Å². The predicted molar refractivity (Wildman–Crippen MR) is 118 cm³/mol. The number of halogens is 1. The van der Waals surface area contributed by atoms with Gasteiger partial charge in [0.15, 0.2) is 0 Å². The first-order chi connectivity index (χ1) is 14.8. The van der Waals surface area contributed by atoms with E-state index in [1.54, 1.807) is 19.1 Å². The fraction of sp³-hybridized carbons (Fsp3) is 0.348. The van der Waals surface area contributed by atoms with Crippen LogP contribution in [0.25, 0.3) is 0 Å². The summed E-state index contributed by atoms with van der Waals surface area (Å²) in [5.74, 6) is -1.68. The van der Waals surface area contributed by atoms with Gasteiger partial charge in [0.2, 0.25) is 12.0 Å². The molecule has 0 bridgehead atoms. The van der Waals surface area contributed by atoms with Crippen molar-refractivity contribution in [2.75, 3.05) is 11.1 Å². The summed E-state index contributed by atoms with van der Waals surface area (Å²) >= 11 is 1.11. The molecule has 2 unspecified atom stereocenters. The number of rotatable bonds is 9. The zero-order valence-corrected chi connectivity index (χ0v) is 18.2. The van der Waals surface area contributed by atoms with Crippen LogP contribution in [0.1, 0.15) is 37.0 Å². The van der Waals surface area contributed by atoms with Gasteiger partial charge in [-0.15, -0.1) is 11.8 Å². The molecular weight excluding hydrogens is 419 g/mol. The molecule has 0 aromatic heterocycles. The van der Waals surface area contributed by atoms with Crippen molar-refractivity contribution < 1.29 is 23.5 Å². The van der Waals surface area contributed by atoms with Crippen LogP contribution in [0.3, 0.4) is 0 Å². The van der Waals surface area contributed by atoms with Gasteiger partial charge in [-0.3, -0.25) is 14.4 Å². The molecule has 0 aliphatic heterocycles. The average Bonchev–Trinajstić information content (AvgIpc) is 3.56. The molecule has 0 spiro atoms. The van der Waals surface area contributed by atoms with Gasteiger partial charge < -0.3 is 15.4 Å². The normalized spacial score (nSPS) is 14.9. The van der Waals surface area contributed by atoms with E-state index in [1.807, 2.05) is 19.1 Å². The van der Waals surface area contributed by atoms with Crippen LogP contribution in [0.5, 0.6) is 0 Å². The second-order valence-corrected chi connectivity index (χ2v) is 8.85. The second-order valence-electron chi connectivity index (χ2n) is 7.52. The van der Waals surface area contributed by atoms with E-state index in [4.69, 9.17) is 4.74 Å². The van der Waals surface area contributed by atoms with Gasteiger partial charge in [0, 0.05) is 17.3 Å². The third kappa shape index (κ3) is 7.10. The molecule has 2 N–H and O–H groups in total. The van der Waals surface area contributed by atoms with E-state index in [9.17, 15) is 18.8 Å². The van der Waals surface area contributed by atoms with Crippen molar-refractivity contribution in [3.05, 3.63) is 65.5 Å². The van der Waals surface area contributed by atoms with Crippen molar-refractivity contribution in [1.29, 1.82) is 0 Å². The zero-order chi connectivity index (χ0) is 22.4. The molecule has 0 saturated heterocycles. The fourth-order valence-electron chi connectivity index (χ4n) is 2.73. The highest BCUT2D eigenvalue weighted by molar-refractivity contribution is 8.01. The molecule has 2 amide bonds. The number of amides is 2. The number of aryl methyl sites for hydroxylation is 1. The minimum atomic E-state index is -1.17. The van der Waals surface area contributed by atoms with E-state index < -0.39 is 29.0 Å². The number of carbonyl (C=O) groups is 3. The van der Waals surface area contributed by atoms with E-state index >= 15 is 0 Å². The number of nitrogens with one attached hydrogen (secondary N) is 2. The van der Waals surface area contributed by atoms with Crippen LogP contribution in [-0.4, -0.2) is 34.8 Å². The van der Waals surface area contributed by atoms with Crippen LogP contribution in [0, 0.1) is 12.7 Å². The Morgan fingerprint density at radius 1 is 1.10 bits per heavy atom. The molecule has 31 heavy (non-hydrogen) atoms. The van der Waals surface area contributed by atoms with Crippen LogP contribution >= 0.6 is 11.8 Å². The first-order valence-electron chi connectivity index (χ1n) is 10.1. The zero-order valence-electron chi connectivity index (χ0n) is 17.4. The van der Waals surface area contributed by atoms with Crippen LogP contribution in [-0.2, 0) is 19.1 Å². The van der Waals surface area contributed by atoms with Crippen molar-refractivity contribution in [2.24, 2.45) is 0 Å². The number of hydrogen-bond acceptors (Lipinski definition) is 5. The molecule has 2 aromatic rings. The first-order valence-corrected chi connectivity index (χ1v) is 11.1. The van der Waals surface area contributed by atoms with E-state index in [0.717, 1.165) is 30.2 Å². The van der Waals surface area contributed by atoms with Gasteiger partial charge in [0.1, 0.15) is 11.1 Å². The lowest BCUT2D eigenvalue weighted by molar-refractivity contribution is -0.155. The molecular formula is C23H25FN2O4S. The van der Waals surface area contributed by atoms with Crippen molar-refractivity contribution in [2.45, 2.75) is 44.1 Å². The van der Waals surface area contributed by atoms with Gasteiger partial charge in [-0.1, -0.05) is 29.8 Å². The summed E-state index contributed by atoms with van der Waals surface area (Å²) in [5.41, 5.74) is 2.16. The second kappa shape index (κ2) is 10.4. The Morgan fingerprint density at radius 2 is 1.74 bits per heavy atom. The summed E-state index contributed by atoms with van der Waals surface area (Å²) in [6.07, 6.45) is 0.606. The number of anilines is 1. The van der Waals surface area contributed by atoms with Gasteiger partial charge in [0.05, 0.1) is 5.75 Å².